The van der Waals surface area contributed by atoms with Gasteiger partial charge in [-0.05, 0) is 63.7 Å². The second-order valence-electron chi connectivity index (χ2n) is 6.59. The van der Waals surface area contributed by atoms with Crippen LogP contribution in [-0.4, -0.2) is 51.7 Å². The number of fused-ring (bicyclic) bond motifs is 1. The molecule has 3 rings (SSSR count). The maximum Gasteiger partial charge on any atom is 0.307 e. The summed E-state index contributed by atoms with van der Waals surface area (Å²) in [5.74, 6) is -0.917. The van der Waals surface area contributed by atoms with E-state index < -0.39 is 5.97 Å². The van der Waals surface area contributed by atoms with E-state index in [2.05, 4.69) is 4.90 Å². The molecule has 0 unspecified atom stereocenters. The van der Waals surface area contributed by atoms with Gasteiger partial charge in [0.1, 0.15) is 5.75 Å². The van der Waals surface area contributed by atoms with Crippen LogP contribution >= 0.6 is 0 Å². The van der Waals surface area contributed by atoms with Gasteiger partial charge in [-0.3, -0.25) is 14.2 Å². The van der Waals surface area contributed by atoms with Crippen LogP contribution in [0.4, 0.5) is 0 Å². The average Bonchev–Trinajstić information content (AvgIpc) is 2.79. The van der Waals surface area contributed by atoms with Crippen molar-refractivity contribution in [2.24, 2.45) is 5.92 Å². The molecule has 0 aliphatic carbocycles. The van der Waals surface area contributed by atoms with E-state index in [0.29, 0.717) is 22.2 Å². The van der Waals surface area contributed by atoms with E-state index in [4.69, 9.17) is 0 Å². The van der Waals surface area contributed by atoms with Gasteiger partial charge in [0.05, 0.1) is 11.9 Å². The van der Waals surface area contributed by atoms with Gasteiger partial charge in [0.15, 0.2) is 0 Å². The van der Waals surface area contributed by atoms with Gasteiger partial charge >= 0.3 is 5.97 Å². The van der Waals surface area contributed by atoms with Crippen LogP contribution in [-0.2, 0) is 11.2 Å². The third-order valence-electron chi connectivity index (χ3n) is 4.93. The van der Waals surface area contributed by atoms with Crippen molar-refractivity contribution in [1.29, 1.82) is 0 Å². The molecule has 2 N–H and O–H groups in total. The Hall–Kier alpha value is -2.34. The number of carboxylic acids is 1. The zero-order chi connectivity index (χ0) is 17.4. The molecule has 128 valence electrons. The summed E-state index contributed by atoms with van der Waals surface area (Å²) in [4.78, 5) is 26.5. The Morgan fingerprint density at radius 2 is 1.92 bits per heavy atom. The third-order valence-corrected chi connectivity index (χ3v) is 4.93. The summed E-state index contributed by atoms with van der Waals surface area (Å²) < 4.78 is 1.64. The highest BCUT2D eigenvalue weighted by atomic mass is 16.4. The molecule has 6 heteroatoms. The van der Waals surface area contributed by atoms with Crippen LogP contribution in [0.25, 0.3) is 10.9 Å². The summed E-state index contributed by atoms with van der Waals surface area (Å²) >= 11 is 0. The number of carboxylic acid groups (broad SMARTS) is 1. The summed E-state index contributed by atoms with van der Waals surface area (Å²) in [7, 11) is 2.05. The first-order chi connectivity index (χ1) is 11.4. The standard InChI is InChI=1S/C18H22N2O4/c1-11-14(10-17(22)23)15-9-13(21)3-4-16(15)20(11)18(24)12-5-7-19(2)8-6-12/h3-4,9,12,21H,5-8,10H2,1-2H3,(H,22,23). The number of phenolic OH excluding ortho intramolecular Hbond substituents is 1. The molecule has 6 nitrogen and oxygen atoms in total. The van der Waals surface area contributed by atoms with Crippen molar-refractivity contribution in [3.05, 3.63) is 29.5 Å². The minimum atomic E-state index is -0.952. The van der Waals surface area contributed by atoms with Crippen LogP contribution in [0.15, 0.2) is 18.2 Å². The number of rotatable bonds is 3. The number of benzene rings is 1. The van der Waals surface area contributed by atoms with Crippen LogP contribution in [0.5, 0.6) is 5.75 Å². The molecule has 1 aliphatic heterocycles. The Labute approximate surface area is 140 Å². The van der Waals surface area contributed by atoms with Crippen molar-refractivity contribution in [1.82, 2.24) is 9.47 Å². The fourth-order valence-corrected chi connectivity index (χ4v) is 3.57. The quantitative estimate of drug-likeness (QED) is 0.902. The first-order valence-corrected chi connectivity index (χ1v) is 8.16. The second-order valence-corrected chi connectivity index (χ2v) is 6.59. The van der Waals surface area contributed by atoms with Crippen LogP contribution in [0.1, 0.15) is 28.9 Å². The molecule has 1 aromatic heterocycles. The Bertz CT molecular complexity index is 801. The van der Waals surface area contributed by atoms with Gasteiger partial charge in [-0.2, -0.15) is 0 Å². The highest BCUT2D eigenvalue weighted by molar-refractivity contribution is 5.98. The molecule has 1 aromatic carbocycles. The zero-order valence-electron chi connectivity index (χ0n) is 14.0. The molecule has 2 heterocycles. The molecule has 1 saturated heterocycles. The number of aromatic hydroxyl groups is 1. The van der Waals surface area contributed by atoms with Crippen molar-refractivity contribution < 1.29 is 19.8 Å². The normalized spacial score (nSPS) is 16.6. The van der Waals surface area contributed by atoms with E-state index in [1.807, 2.05) is 7.05 Å². The molecule has 2 aromatic rings. The lowest BCUT2D eigenvalue weighted by atomic mass is 9.96. The lowest BCUT2D eigenvalue weighted by Crippen LogP contribution is -2.35. The molecule has 1 fully saturated rings. The maximum atomic E-state index is 13.1. The number of carbonyl (C=O) groups excluding carboxylic acids is 1. The molecular formula is C18H22N2O4. The Kier molecular flexibility index (Phi) is 4.32. The zero-order valence-corrected chi connectivity index (χ0v) is 14.0. The molecule has 0 amide bonds. The molecule has 0 spiro atoms. The number of aliphatic carboxylic acids is 1. The van der Waals surface area contributed by atoms with Gasteiger partial charge in [-0.1, -0.05) is 0 Å². The number of likely N-dealkylation sites (tertiary alicyclic amines) is 1. The number of nitrogens with zero attached hydrogens (tertiary/aromatic N) is 2. The topological polar surface area (TPSA) is 82.8 Å². The first-order valence-electron chi connectivity index (χ1n) is 8.16. The first kappa shape index (κ1) is 16.5. The average molecular weight is 330 g/mol. The van der Waals surface area contributed by atoms with Gasteiger partial charge in [-0.25, -0.2) is 0 Å². The van der Waals surface area contributed by atoms with E-state index >= 15 is 0 Å². The van der Waals surface area contributed by atoms with Crippen molar-refractivity contribution in [3.8, 4) is 5.75 Å². The number of phenols is 1. The predicted octanol–water partition coefficient (Wildman–Crippen LogP) is 2.26. The number of carbonyl (C=O) groups is 2. The summed E-state index contributed by atoms with van der Waals surface area (Å²) in [5.41, 5.74) is 1.92. The monoisotopic (exact) mass is 330 g/mol. The fraction of sp³-hybridized carbons (Fsp3) is 0.444. The third kappa shape index (κ3) is 2.89. The van der Waals surface area contributed by atoms with Crippen LogP contribution in [0, 0.1) is 12.8 Å². The van der Waals surface area contributed by atoms with Crippen LogP contribution in [0.2, 0.25) is 0 Å². The minimum Gasteiger partial charge on any atom is -0.508 e. The lowest BCUT2D eigenvalue weighted by molar-refractivity contribution is -0.136. The summed E-state index contributed by atoms with van der Waals surface area (Å²) in [5, 5.41) is 19.6. The van der Waals surface area contributed by atoms with Gasteiger partial charge in [0, 0.05) is 17.0 Å². The highest BCUT2D eigenvalue weighted by Crippen LogP contribution is 2.31. The number of aromatic nitrogens is 1. The van der Waals surface area contributed by atoms with Crippen molar-refractivity contribution in [2.75, 3.05) is 20.1 Å². The van der Waals surface area contributed by atoms with E-state index in [-0.39, 0.29) is 24.0 Å². The maximum absolute atomic E-state index is 13.1. The largest absolute Gasteiger partial charge is 0.508 e. The smallest absolute Gasteiger partial charge is 0.307 e. The van der Waals surface area contributed by atoms with Gasteiger partial charge < -0.3 is 15.1 Å². The molecule has 1 aliphatic rings. The van der Waals surface area contributed by atoms with E-state index in [1.54, 1.807) is 23.6 Å². The van der Waals surface area contributed by atoms with Gasteiger partial charge in [0.25, 0.3) is 0 Å². The van der Waals surface area contributed by atoms with Crippen molar-refractivity contribution >= 4 is 22.8 Å². The van der Waals surface area contributed by atoms with Crippen molar-refractivity contribution in [3.63, 3.8) is 0 Å². The number of piperidine rings is 1. The SMILES string of the molecule is Cc1c(CC(=O)O)c2cc(O)ccc2n1C(=O)C1CCN(C)CC1. The van der Waals surface area contributed by atoms with Gasteiger partial charge in [-0.15, -0.1) is 0 Å². The van der Waals surface area contributed by atoms with E-state index in [0.717, 1.165) is 25.9 Å². The second kappa shape index (κ2) is 6.28. The van der Waals surface area contributed by atoms with Crippen LogP contribution < -0.4 is 0 Å². The predicted molar refractivity (Wildman–Crippen MR) is 90.5 cm³/mol. The van der Waals surface area contributed by atoms with Gasteiger partial charge in [0.2, 0.25) is 5.91 Å². The Morgan fingerprint density at radius 3 is 2.54 bits per heavy atom. The number of hydrogen-bond acceptors (Lipinski definition) is 4. The summed E-state index contributed by atoms with van der Waals surface area (Å²) in [6, 6.07) is 4.76. The molecule has 24 heavy (non-hydrogen) atoms. The van der Waals surface area contributed by atoms with Crippen molar-refractivity contribution in [2.45, 2.75) is 26.2 Å². The lowest BCUT2D eigenvalue weighted by Gasteiger charge is -2.28. The minimum absolute atomic E-state index is 0.0212. The molecule has 0 saturated carbocycles. The fourth-order valence-electron chi connectivity index (χ4n) is 3.57. The van der Waals surface area contributed by atoms with E-state index in [1.165, 1.54) is 6.07 Å². The molecule has 0 bridgehead atoms. The molecule has 0 atom stereocenters. The molecule has 0 radical (unpaired) electrons. The highest BCUT2D eigenvalue weighted by Gasteiger charge is 2.28. The Morgan fingerprint density at radius 1 is 1.25 bits per heavy atom. The Balaban J connectivity index is 2.08. The summed E-state index contributed by atoms with van der Waals surface area (Å²) in [6.07, 6.45) is 1.45. The molecular weight excluding hydrogens is 308 g/mol. The summed E-state index contributed by atoms with van der Waals surface area (Å²) in [6.45, 7) is 3.55. The van der Waals surface area contributed by atoms with E-state index in [9.17, 15) is 19.8 Å². The van der Waals surface area contributed by atoms with Crippen LogP contribution in [0.3, 0.4) is 0 Å². The number of hydrogen-bond donors (Lipinski definition) is 2.